The molecule has 2 aliphatic carbocycles. The molecule has 0 spiro atoms. The Hall–Kier alpha value is -5.40. The van der Waals surface area contributed by atoms with E-state index >= 15 is 0 Å². The molecule has 0 heterocycles. The predicted octanol–water partition coefficient (Wildman–Crippen LogP) is 14.3. The maximum absolute atomic E-state index is 2.45. The van der Waals surface area contributed by atoms with Crippen LogP contribution < -0.4 is 4.90 Å². The molecule has 2 aliphatic rings. The van der Waals surface area contributed by atoms with Crippen LogP contribution in [0.5, 0.6) is 0 Å². The average Bonchev–Trinajstić information content (AvgIpc) is 3.41. The minimum atomic E-state index is -0.0260. The van der Waals surface area contributed by atoms with E-state index in [0.717, 1.165) is 5.69 Å². The zero-order valence-electron chi connectivity index (χ0n) is 30.5. The number of hydrogen-bond donors (Lipinski definition) is 0. The Labute approximate surface area is 309 Å². The summed E-state index contributed by atoms with van der Waals surface area (Å²) in [7, 11) is 0. The molecule has 1 saturated carbocycles. The molecule has 7 aromatic carbocycles. The van der Waals surface area contributed by atoms with Crippen molar-refractivity contribution in [1.82, 2.24) is 0 Å². The van der Waals surface area contributed by atoms with E-state index in [4.69, 9.17) is 0 Å². The maximum Gasteiger partial charge on any atom is 0.0468 e. The first-order valence-electron chi connectivity index (χ1n) is 19.3. The van der Waals surface area contributed by atoms with Gasteiger partial charge in [-0.2, -0.15) is 0 Å². The SMILES string of the molecule is CC1(C)c2ccccc2-c2cc(N(c3ccc(-c4ccc5ccccc5c4)cc3)c3ccc(C4(c5ccccc5)CCCCCCC4)cc3)ccc21. The van der Waals surface area contributed by atoms with Gasteiger partial charge in [0.2, 0.25) is 0 Å². The van der Waals surface area contributed by atoms with Crippen LogP contribution >= 0.6 is 0 Å². The van der Waals surface area contributed by atoms with Gasteiger partial charge in [0, 0.05) is 27.9 Å². The predicted molar refractivity (Wildman–Crippen MR) is 221 cm³/mol. The molecule has 256 valence electrons. The van der Waals surface area contributed by atoms with Crippen LogP contribution in [0.25, 0.3) is 33.0 Å². The fourth-order valence-corrected chi connectivity index (χ4v) is 9.41. The zero-order chi connectivity index (χ0) is 35.1. The number of anilines is 3. The van der Waals surface area contributed by atoms with Gasteiger partial charge in [0.05, 0.1) is 0 Å². The number of hydrogen-bond acceptors (Lipinski definition) is 1. The van der Waals surface area contributed by atoms with Gasteiger partial charge in [-0.1, -0.05) is 167 Å². The minimum Gasteiger partial charge on any atom is -0.310 e. The van der Waals surface area contributed by atoms with Crippen molar-refractivity contribution in [2.24, 2.45) is 0 Å². The van der Waals surface area contributed by atoms with Crippen molar-refractivity contribution < 1.29 is 0 Å². The molecule has 9 rings (SSSR count). The quantitative estimate of drug-likeness (QED) is 0.170. The van der Waals surface area contributed by atoms with Crippen molar-refractivity contribution in [3.05, 3.63) is 186 Å². The van der Waals surface area contributed by atoms with Gasteiger partial charge in [0.15, 0.2) is 0 Å². The monoisotopic (exact) mass is 673 g/mol. The van der Waals surface area contributed by atoms with Crippen LogP contribution in [0.3, 0.4) is 0 Å². The molecule has 52 heavy (non-hydrogen) atoms. The van der Waals surface area contributed by atoms with Crippen LogP contribution in [0, 0.1) is 0 Å². The van der Waals surface area contributed by atoms with E-state index < -0.39 is 0 Å². The van der Waals surface area contributed by atoms with Gasteiger partial charge in [-0.3, -0.25) is 0 Å². The number of rotatable bonds is 6. The first-order chi connectivity index (χ1) is 25.5. The van der Waals surface area contributed by atoms with Gasteiger partial charge in [0.1, 0.15) is 0 Å². The van der Waals surface area contributed by atoms with Gasteiger partial charge in [-0.15, -0.1) is 0 Å². The normalized spacial score (nSPS) is 16.0. The summed E-state index contributed by atoms with van der Waals surface area (Å²) in [5.74, 6) is 0. The molecule has 0 unspecified atom stereocenters. The van der Waals surface area contributed by atoms with Crippen LogP contribution in [-0.4, -0.2) is 0 Å². The average molecular weight is 674 g/mol. The van der Waals surface area contributed by atoms with Crippen molar-refractivity contribution in [3.8, 4) is 22.3 Å². The molecule has 0 saturated heterocycles. The van der Waals surface area contributed by atoms with E-state index in [9.17, 15) is 0 Å². The second kappa shape index (κ2) is 13.3. The van der Waals surface area contributed by atoms with E-state index in [1.54, 1.807) is 0 Å². The molecule has 0 aromatic heterocycles. The number of fused-ring (bicyclic) bond motifs is 4. The largest absolute Gasteiger partial charge is 0.310 e. The smallest absolute Gasteiger partial charge is 0.0468 e. The summed E-state index contributed by atoms with van der Waals surface area (Å²) in [6, 6.07) is 61.6. The van der Waals surface area contributed by atoms with Crippen molar-refractivity contribution >= 4 is 27.8 Å². The van der Waals surface area contributed by atoms with Crippen molar-refractivity contribution in [2.45, 2.75) is 69.6 Å². The Morgan fingerprint density at radius 2 is 0.962 bits per heavy atom. The lowest BCUT2D eigenvalue weighted by molar-refractivity contribution is 0.366. The minimum absolute atomic E-state index is 0.0260. The van der Waals surface area contributed by atoms with E-state index in [-0.39, 0.29) is 10.8 Å². The highest BCUT2D eigenvalue weighted by Gasteiger charge is 2.36. The summed E-state index contributed by atoms with van der Waals surface area (Å²) in [5, 5.41) is 2.54. The number of benzene rings is 7. The second-order valence-corrected chi connectivity index (χ2v) is 15.6. The molecule has 1 fully saturated rings. The lowest BCUT2D eigenvalue weighted by Gasteiger charge is -2.37. The third-order valence-corrected chi connectivity index (χ3v) is 12.2. The summed E-state index contributed by atoms with van der Waals surface area (Å²) in [6.45, 7) is 4.72. The molecule has 1 nitrogen and oxygen atoms in total. The van der Waals surface area contributed by atoms with Gasteiger partial charge in [-0.25, -0.2) is 0 Å². The maximum atomic E-state index is 2.45. The summed E-state index contributed by atoms with van der Waals surface area (Å²) >= 11 is 0. The molecule has 0 N–H and O–H groups in total. The van der Waals surface area contributed by atoms with Crippen LogP contribution in [0.1, 0.15) is 81.0 Å². The summed E-state index contributed by atoms with van der Waals surface area (Å²) in [6.07, 6.45) is 8.98. The molecular formula is C51H47N. The second-order valence-electron chi connectivity index (χ2n) is 15.6. The molecular weight excluding hydrogens is 627 g/mol. The fourth-order valence-electron chi connectivity index (χ4n) is 9.41. The van der Waals surface area contributed by atoms with E-state index in [1.165, 1.54) is 112 Å². The fraction of sp³-hybridized carbons (Fsp3) is 0.216. The van der Waals surface area contributed by atoms with Gasteiger partial charge in [0.25, 0.3) is 0 Å². The molecule has 7 aromatic rings. The Kier molecular flexibility index (Phi) is 8.31. The Morgan fingerprint density at radius 1 is 0.404 bits per heavy atom. The first-order valence-corrected chi connectivity index (χ1v) is 19.3. The van der Waals surface area contributed by atoms with Crippen LogP contribution in [0.4, 0.5) is 17.1 Å². The van der Waals surface area contributed by atoms with Crippen molar-refractivity contribution in [1.29, 1.82) is 0 Å². The first kappa shape index (κ1) is 32.5. The molecule has 0 radical (unpaired) electrons. The Balaban J connectivity index is 1.15. The summed E-state index contributed by atoms with van der Waals surface area (Å²) in [5.41, 5.74) is 14.4. The summed E-state index contributed by atoms with van der Waals surface area (Å²) < 4.78 is 0. The highest BCUT2D eigenvalue weighted by atomic mass is 15.1. The number of nitrogens with zero attached hydrogens (tertiary/aromatic N) is 1. The molecule has 1 heteroatoms. The molecule has 0 atom stereocenters. The van der Waals surface area contributed by atoms with E-state index in [0.29, 0.717) is 0 Å². The third kappa shape index (κ3) is 5.64. The Morgan fingerprint density at radius 3 is 1.71 bits per heavy atom. The highest BCUT2D eigenvalue weighted by Crippen LogP contribution is 2.51. The lowest BCUT2D eigenvalue weighted by Crippen LogP contribution is -2.29. The van der Waals surface area contributed by atoms with Gasteiger partial charge in [-0.05, 0) is 111 Å². The standard InChI is InChI=1S/C51H47N/c1-50(2)48-20-12-11-19-46(48)47-36-45(31-32-49(47)50)52(43-27-23-38(24-28-43)40-22-21-37-15-9-10-16-39(37)35-40)44-29-25-42(26-30-44)51(41-17-7-6-8-18-41)33-13-4-3-5-14-34-51/h6-12,15-32,35-36H,3-5,13-14,33-34H2,1-2H3. The summed E-state index contributed by atoms with van der Waals surface area (Å²) in [4.78, 5) is 2.45. The van der Waals surface area contributed by atoms with Gasteiger partial charge < -0.3 is 4.90 Å². The molecule has 0 aliphatic heterocycles. The highest BCUT2D eigenvalue weighted by molar-refractivity contribution is 5.89. The van der Waals surface area contributed by atoms with Crippen LogP contribution in [0.2, 0.25) is 0 Å². The van der Waals surface area contributed by atoms with Crippen molar-refractivity contribution in [3.63, 3.8) is 0 Å². The molecule has 0 amide bonds. The zero-order valence-corrected chi connectivity index (χ0v) is 30.5. The Bertz CT molecular complexity index is 2340. The molecule has 0 bridgehead atoms. The third-order valence-electron chi connectivity index (χ3n) is 12.2. The van der Waals surface area contributed by atoms with Crippen LogP contribution in [0.15, 0.2) is 164 Å². The lowest BCUT2D eigenvalue weighted by atomic mass is 9.67. The topological polar surface area (TPSA) is 3.24 Å². The van der Waals surface area contributed by atoms with Gasteiger partial charge >= 0.3 is 0 Å². The van der Waals surface area contributed by atoms with E-state index in [1.807, 2.05) is 0 Å². The van der Waals surface area contributed by atoms with Crippen molar-refractivity contribution in [2.75, 3.05) is 4.90 Å². The van der Waals surface area contributed by atoms with E-state index in [2.05, 4.69) is 183 Å². The van der Waals surface area contributed by atoms with Crippen LogP contribution in [-0.2, 0) is 10.8 Å².